The van der Waals surface area contributed by atoms with Crippen LogP contribution in [0.15, 0.2) is 48.5 Å². The summed E-state index contributed by atoms with van der Waals surface area (Å²) in [4.78, 5) is 12.3. The summed E-state index contributed by atoms with van der Waals surface area (Å²) in [7, 11) is 0. The van der Waals surface area contributed by atoms with E-state index in [2.05, 4.69) is 18.3 Å². The molecule has 0 atom stereocenters. The molecule has 0 aliphatic heterocycles. The van der Waals surface area contributed by atoms with Crippen LogP contribution >= 0.6 is 0 Å². The normalized spacial score (nSPS) is 10.1. The van der Waals surface area contributed by atoms with Gasteiger partial charge in [-0.3, -0.25) is 4.79 Å². The number of anilines is 1. The van der Waals surface area contributed by atoms with E-state index in [1.807, 2.05) is 12.1 Å². The molecule has 0 aliphatic rings. The number of carbonyl (C=O) groups is 1. The van der Waals surface area contributed by atoms with Crippen LogP contribution in [0.5, 0.6) is 5.75 Å². The molecule has 4 nitrogen and oxygen atoms in total. The second kappa shape index (κ2) is 10.1. The Kier molecular flexibility index (Phi) is 7.52. The van der Waals surface area contributed by atoms with E-state index in [0.29, 0.717) is 23.4 Å². The van der Waals surface area contributed by atoms with Gasteiger partial charge in [0.05, 0.1) is 18.2 Å². The van der Waals surface area contributed by atoms with E-state index in [9.17, 15) is 4.79 Å². The lowest BCUT2D eigenvalue weighted by Crippen LogP contribution is -2.11. The summed E-state index contributed by atoms with van der Waals surface area (Å²) in [6, 6.07) is 16.0. The second-order valence-corrected chi connectivity index (χ2v) is 5.93. The van der Waals surface area contributed by atoms with Crippen molar-refractivity contribution in [1.82, 2.24) is 0 Å². The lowest BCUT2D eigenvalue weighted by Gasteiger charge is -2.08. The van der Waals surface area contributed by atoms with Gasteiger partial charge in [-0.1, -0.05) is 38.7 Å². The zero-order valence-electron chi connectivity index (χ0n) is 14.6. The van der Waals surface area contributed by atoms with E-state index in [0.717, 1.165) is 12.2 Å². The quantitative estimate of drug-likeness (QED) is 0.643. The van der Waals surface area contributed by atoms with Gasteiger partial charge in [0, 0.05) is 11.3 Å². The van der Waals surface area contributed by atoms with E-state index < -0.39 is 0 Å². The van der Waals surface area contributed by atoms with Gasteiger partial charge >= 0.3 is 0 Å². The van der Waals surface area contributed by atoms with E-state index >= 15 is 0 Å². The zero-order chi connectivity index (χ0) is 17.9. The summed E-state index contributed by atoms with van der Waals surface area (Å²) < 4.78 is 5.70. The average Bonchev–Trinajstić information content (AvgIpc) is 2.65. The molecule has 1 amide bonds. The lowest BCUT2D eigenvalue weighted by molar-refractivity contribution is 0.102. The summed E-state index contributed by atoms with van der Waals surface area (Å²) >= 11 is 0. The number of unbranched alkanes of at least 4 members (excludes halogenated alkanes) is 4. The van der Waals surface area contributed by atoms with Crippen molar-refractivity contribution in [3.63, 3.8) is 0 Å². The number of nitrogens with zero attached hydrogens (tertiary/aromatic N) is 1. The minimum Gasteiger partial charge on any atom is -0.494 e. The van der Waals surface area contributed by atoms with Gasteiger partial charge < -0.3 is 10.1 Å². The minimum absolute atomic E-state index is 0.207. The van der Waals surface area contributed by atoms with Crippen LogP contribution in [-0.2, 0) is 0 Å². The van der Waals surface area contributed by atoms with Crippen molar-refractivity contribution in [3.05, 3.63) is 59.7 Å². The Morgan fingerprint density at radius 2 is 1.84 bits per heavy atom. The fourth-order valence-corrected chi connectivity index (χ4v) is 2.47. The molecule has 1 N–H and O–H groups in total. The van der Waals surface area contributed by atoms with Gasteiger partial charge in [0.2, 0.25) is 0 Å². The highest BCUT2D eigenvalue weighted by Gasteiger charge is 2.07. The first-order chi connectivity index (χ1) is 12.2. The number of ether oxygens (including phenoxy) is 1. The molecule has 4 heteroatoms. The summed E-state index contributed by atoms with van der Waals surface area (Å²) in [6.07, 6.45) is 6.02. The van der Waals surface area contributed by atoms with Crippen LogP contribution in [0.3, 0.4) is 0 Å². The third-order valence-corrected chi connectivity index (χ3v) is 3.88. The second-order valence-electron chi connectivity index (χ2n) is 5.93. The third kappa shape index (κ3) is 6.31. The topological polar surface area (TPSA) is 62.1 Å². The van der Waals surface area contributed by atoms with Gasteiger partial charge in [0.15, 0.2) is 0 Å². The summed E-state index contributed by atoms with van der Waals surface area (Å²) in [5, 5.41) is 11.7. The predicted molar refractivity (Wildman–Crippen MR) is 99.8 cm³/mol. The standard InChI is InChI=1S/C21H24N2O2/c1-2-3-4-5-6-14-25-20-12-10-18(11-13-20)21(24)23-19-9-7-8-17(15-19)16-22/h7-13,15H,2-6,14H2,1H3,(H,23,24). The molecule has 2 aromatic rings. The molecule has 0 aromatic heterocycles. The number of nitrogens with one attached hydrogen (secondary N) is 1. The van der Waals surface area contributed by atoms with Crippen molar-refractivity contribution in [3.8, 4) is 11.8 Å². The maximum Gasteiger partial charge on any atom is 0.255 e. The molecule has 0 bridgehead atoms. The smallest absolute Gasteiger partial charge is 0.255 e. The number of benzene rings is 2. The molecule has 2 aromatic carbocycles. The first-order valence-electron chi connectivity index (χ1n) is 8.77. The Hall–Kier alpha value is -2.80. The van der Waals surface area contributed by atoms with Crippen LogP contribution in [0.1, 0.15) is 54.9 Å². The third-order valence-electron chi connectivity index (χ3n) is 3.88. The Bertz CT molecular complexity index is 717. The van der Waals surface area contributed by atoms with E-state index in [4.69, 9.17) is 10.00 Å². The number of hydrogen-bond acceptors (Lipinski definition) is 3. The Balaban J connectivity index is 1.82. The zero-order valence-corrected chi connectivity index (χ0v) is 14.6. The molecule has 0 radical (unpaired) electrons. The van der Waals surface area contributed by atoms with Crippen molar-refractivity contribution in [2.75, 3.05) is 11.9 Å². The number of carbonyl (C=O) groups excluding carboxylic acids is 1. The van der Waals surface area contributed by atoms with Crippen LogP contribution in [-0.4, -0.2) is 12.5 Å². The molecule has 0 saturated carbocycles. The van der Waals surface area contributed by atoms with Crippen LogP contribution in [0.25, 0.3) is 0 Å². The van der Waals surface area contributed by atoms with Crippen LogP contribution < -0.4 is 10.1 Å². The summed E-state index contributed by atoms with van der Waals surface area (Å²) in [5.41, 5.74) is 1.68. The Morgan fingerprint density at radius 3 is 2.56 bits per heavy atom. The average molecular weight is 336 g/mol. The Labute approximate surface area is 149 Å². The predicted octanol–water partition coefficient (Wildman–Crippen LogP) is 5.16. The van der Waals surface area contributed by atoms with Gasteiger partial charge in [0.1, 0.15) is 5.75 Å². The monoisotopic (exact) mass is 336 g/mol. The first-order valence-corrected chi connectivity index (χ1v) is 8.77. The van der Waals surface area contributed by atoms with Gasteiger partial charge in [0.25, 0.3) is 5.91 Å². The molecule has 0 heterocycles. The molecule has 0 fully saturated rings. The van der Waals surface area contributed by atoms with E-state index in [1.165, 1.54) is 25.7 Å². The molecule has 0 aliphatic carbocycles. The van der Waals surface area contributed by atoms with Crippen molar-refractivity contribution in [2.45, 2.75) is 39.0 Å². The molecule has 25 heavy (non-hydrogen) atoms. The number of amides is 1. The number of rotatable bonds is 9. The SMILES string of the molecule is CCCCCCCOc1ccc(C(=O)Nc2cccc(C#N)c2)cc1. The largest absolute Gasteiger partial charge is 0.494 e. The van der Waals surface area contributed by atoms with E-state index in [-0.39, 0.29) is 5.91 Å². The molecule has 0 saturated heterocycles. The number of nitriles is 1. The molecule has 0 spiro atoms. The highest BCUT2D eigenvalue weighted by Crippen LogP contribution is 2.16. The highest BCUT2D eigenvalue weighted by molar-refractivity contribution is 6.04. The fourth-order valence-electron chi connectivity index (χ4n) is 2.47. The van der Waals surface area contributed by atoms with Gasteiger partial charge in [-0.25, -0.2) is 0 Å². The summed E-state index contributed by atoms with van der Waals surface area (Å²) in [6.45, 7) is 2.91. The highest BCUT2D eigenvalue weighted by atomic mass is 16.5. The molecule has 0 unspecified atom stereocenters. The maximum absolute atomic E-state index is 12.3. The Morgan fingerprint density at radius 1 is 1.08 bits per heavy atom. The summed E-state index contributed by atoms with van der Waals surface area (Å²) in [5.74, 6) is 0.569. The van der Waals surface area contributed by atoms with Gasteiger partial charge in [-0.05, 0) is 48.9 Å². The first kappa shape index (κ1) is 18.5. The molecule has 2 rings (SSSR count). The minimum atomic E-state index is -0.207. The molecular formula is C21H24N2O2. The van der Waals surface area contributed by atoms with E-state index in [1.54, 1.807) is 36.4 Å². The van der Waals surface area contributed by atoms with Crippen molar-refractivity contribution >= 4 is 11.6 Å². The van der Waals surface area contributed by atoms with Gasteiger partial charge in [-0.2, -0.15) is 5.26 Å². The van der Waals surface area contributed by atoms with Crippen LogP contribution in [0.4, 0.5) is 5.69 Å². The van der Waals surface area contributed by atoms with Crippen molar-refractivity contribution < 1.29 is 9.53 Å². The maximum atomic E-state index is 12.3. The van der Waals surface area contributed by atoms with Crippen molar-refractivity contribution in [1.29, 1.82) is 5.26 Å². The van der Waals surface area contributed by atoms with Crippen molar-refractivity contribution in [2.24, 2.45) is 0 Å². The molecule has 130 valence electrons. The fraction of sp³-hybridized carbons (Fsp3) is 0.333. The van der Waals surface area contributed by atoms with Crippen LogP contribution in [0, 0.1) is 11.3 Å². The number of hydrogen-bond donors (Lipinski definition) is 1. The van der Waals surface area contributed by atoms with Crippen LogP contribution in [0.2, 0.25) is 0 Å². The lowest BCUT2D eigenvalue weighted by atomic mass is 10.1. The molecular weight excluding hydrogens is 312 g/mol. The van der Waals surface area contributed by atoms with Gasteiger partial charge in [-0.15, -0.1) is 0 Å².